The van der Waals surface area contributed by atoms with Crippen molar-refractivity contribution in [1.82, 2.24) is 20.1 Å². The molecule has 0 aliphatic heterocycles. The molecule has 1 N–H and O–H groups in total. The number of rotatable bonds is 6. The molecule has 140 valence electrons. The second-order valence-electron chi connectivity index (χ2n) is 5.76. The van der Waals surface area contributed by atoms with Gasteiger partial charge in [-0.2, -0.15) is 5.26 Å². The second kappa shape index (κ2) is 8.32. The van der Waals surface area contributed by atoms with E-state index in [9.17, 15) is 14.9 Å². The van der Waals surface area contributed by atoms with Crippen molar-refractivity contribution in [3.8, 4) is 6.07 Å². The van der Waals surface area contributed by atoms with E-state index in [4.69, 9.17) is 5.26 Å². The van der Waals surface area contributed by atoms with Gasteiger partial charge in [-0.15, -0.1) is 10.2 Å². The van der Waals surface area contributed by atoms with Crippen LogP contribution < -0.4 is 5.32 Å². The molecule has 0 atom stereocenters. The number of aromatic nitrogens is 3. The van der Waals surface area contributed by atoms with Gasteiger partial charge in [0, 0.05) is 25.2 Å². The number of hydrogen-bond acceptors (Lipinski definition) is 7. The van der Waals surface area contributed by atoms with Crippen LogP contribution in [0.4, 0.5) is 5.69 Å². The van der Waals surface area contributed by atoms with Crippen LogP contribution in [0.25, 0.3) is 0 Å². The van der Waals surface area contributed by atoms with E-state index in [1.54, 1.807) is 35.9 Å². The molecular weight excluding hydrogens is 380 g/mol. The van der Waals surface area contributed by atoms with E-state index in [-0.39, 0.29) is 17.8 Å². The van der Waals surface area contributed by atoms with Crippen LogP contribution in [0.2, 0.25) is 0 Å². The highest BCUT2D eigenvalue weighted by molar-refractivity contribution is 7.99. The van der Waals surface area contributed by atoms with Crippen LogP contribution in [0, 0.1) is 21.4 Å². The molecule has 0 fully saturated rings. The summed E-state index contributed by atoms with van der Waals surface area (Å²) in [7, 11) is 1.73. The molecule has 0 aliphatic carbocycles. The number of carbonyl (C=O) groups is 1. The lowest BCUT2D eigenvalue weighted by Crippen LogP contribution is -2.22. The maximum Gasteiger partial charge on any atom is 0.284 e. The number of nitrogens with zero attached hydrogens (tertiary/aromatic N) is 5. The molecule has 1 heterocycles. The van der Waals surface area contributed by atoms with Crippen LogP contribution in [0.1, 0.15) is 21.5 Å². The molecule has 10 heteroatoms. The van der Waals surface area contributed by atoms with Crippen LogP contribution in [0.3, 0.4) is 0 Å². The summed E-state index contributed by atoms with van der Waals surface area (Å²) in [4.78, 5) is 23.7. The fraction of sp³-hybridized carbons (Fsp3) is 0.111. The quantitative estimate of drug-likeness (QED) is 0.503. The van der Waals surface area contributed by atoms with Gasteiger partial charge in [-0.05, 0) is 41.6 Å². The zero-order valence-electron chi connectivity index (χ0n) is 14.7. The van der Waals surface area contributed by atoms with Crippen LogP contribution in [-0.4, -0.2) is 25.6 Å². The second-order valence-corrected chi connectivity index (χ2v) is 6.77. The first kappa shape index (κ1) is 19.1. The first-order valence-corrected chi connectivity index (χ1v) is 8.87. The minimum Gasteiger partial charge on any atom is -0.348 e. The number of nitrogens with one attached hydrogen (secondary N) is 1. The summed E-state index contributed by atoms with van der Waals surface area (Å²) in [6.07, 6.45) is 1.50. The lowest BCUT2D eigenvalue weighted by molar-refractivity contribution is -0.387. The lowest BCUT2D eigenvalue weighted by Gasteiger charge is -2.07. The van der Waals surface area contributed by atoms with Gasteiger partial charge < -0.3 is 9.88 Å². The molecule has 0 spiro atoms. The SMILES string of the molecule is Cn1cnnc1Sc1ccc(C(=O)NCc2cccc(C#N)c2)cc1[N+](=O)[O-]. The van der Waals surface area contributed by atoms with Gasteiger partial charge in [0.05, 0.1) is 21.5 Å². The fourth-order valence-corrected chi connectivity index (χ4v) is 3.24. The van der Waals surface area contributed by atoms with E-state index in [1.807, 2.05) is 6.07 Å². The largest absolute Gasteiger partial charge is 0.348 e. The number of hydrogen-bond donors (Lipinski definition) is 1. The van der Waals surface area contributed by atoms with E-state index < -0.39 is 10.8 Å². The number of amides is 1. The minimum atomic E-state index is -0.536. The van der Waals surface area contributed by atoms with Crippen LogP contribution >= 0.6 is 11.8 Å². The average Bonchev–Trinajstić information content (AvgIpc) is 3.11. The third-order valence-corrected chi connectivity index (χ3v) is 4.92. The maximum atomic E-state index is 12.4. The fourth-order valence-electron chi connectivity index (χ4n) is 2.39. The summed E-state index contributed by atoms with van der Waals surface area (Å²) in [6, 6.07) is 13.2. The highest BCUT2D eigenvalue weighted by Gasteiger charge is 2.20. The Kier molecular flexibility index (Phi) is 5.67. The van der Waals surface area contributed by atoms with E-state index in [2.05, 4.69) is 15.5 Å². The Balaban J connectivity index is 1.77. The van der Waals surface area contributed by atoms with E-state index in [0.717, 1.165) is 17.3 Å². The normalized spacial score (nSPS) is 10.3. The zero-order chi connectivity index (χ0) is 20.1. The number of benzene rings is 2. The van der Waals surface area contributed by atoms with Crippen molar-refractivity contribution in [2.45, 2.75) is 16.6 Å². The molecule has 1 amide bonds. The van der Waals surface area contributed by atoms with Gasteiger partial charge in [0.25, 0.3) is 11.6 Å². The van der Waals surface area contributed by atoms with Gasteiger partial charge in [0.1, 0.15) is 6.33 Å². The maximum absolute atomic E-state index is 12.4. The molecule has 0 unspecified atom stereocenters. The van der Waals surface area contributed by atoms with Crippen molar-refractivity contribution in [1.29, 1.82) is 5.26 Å². The summed E-state index contributed by atoms with van der Waals surface area (Å²) >= 11 is 1.10. The summed E-state index contributed by atoms with van der Waals surface area (Å²) in [5, 5.41) is 31.2. The summed E-state index contributed by atoms with van der Waals surface area (Å²) < 4.78 is 1.64. The number of carbonyl (C=O) groups excluding carboxylic acids is 1. The topological polar surface area (TPSA) is 127 Å². The van der Waals surface area contributed by atoms with Crippen molar-refractivity contribution < 1.29 is 9.72 Å². The number of nitriles is 1. The first-order chi connectivity index (χ1) is 13.5. The van der Waals surface area contributed by atoms with Crippen molar-refractivity contribution in [3.05, 3.63) is 75.6 Å². The number of aryl methyl sites for hydroxylation is 1. The van der Waals surface area contributed by atoms with Gasteiger partial charge in [0.2, 0.25) is 0 Å². The zero-order valence-corrected chi connectivity index (χ0v) is 15.5. The molecule has 0 saturated heterocycles. The highest BCUT2D eigenvalue weighted by Crippen LogP contribution is 2.34. The van der Waals surface area contributed by atoms with Crippen LogP contribution in [0.15, 0.2) is 58.8 Å². The molecule has 0 radical (unpaired) electrons. The van der Waals surface area contributed by atoms with Crippen molar-refractivity contribution in [2.75, 3.05) is 0 Å². The standard InChI is InChI=1S/C18H14N6O3S/c1-23-11-21-22-18(23)28-16-6-5-14(8-15(16)24(26)27)17(25)20-10-13-4-2-3-12(7-13)9-19/h2-8,11H,10H2,1H3,(H,20,25). The Morgan fingerprint density at radius 1 is 1.36 bits per heavy atom. The third-order valence-electron chi connectivity index (χ3n) is 3.80. The third kappa shape index (κ3) is 4.33. The van der Waals surface area contributed by atoms with Crippen molar-refractivity contribution in [2.24, 2.45) is 7.05 Å². The number of nitro benzene ring substituents is 1. The molecule has 3 rings (SSSR count). The summed E-state index contributed by atoms with van der Waals surface area (Å²) in [5.74, 6) is -0.444. The van der Waals surface area contributed by atoms with E-state index in [1.165, 1.54) is 24.5 Å². The van der Waals surface area contributed by atoms with E-state index >= 15 is 0 Å². The van der Waals surface area contributed by atoms with Gasteiger partial charge in [-0.1, -0.05) is 12.1 Å². The molecular formula is C18H14N6O3S. The average molecular weight is 394 g/mol. The highest BCUT2D eigenvalue weighted by atomic mass is 32.2. The molecule has 2 aromatic carbocycles. The Bertz CT molecular complexity index is 1090. The van der Waals surface area contributed by atoms with Gasteiger partial charge in [0.15, 0.2) is 5.16 Å². The molecule has 28 heavy (non-hydrogen) atoms. The first-order valence-electron chi connectivity index (χ1n) is 8.05. The summed E-state index contributed by atoms with van der Waals surface area (Å²) in [5.41, 5.74) is 1.24. The predicted octanol–water partition coefficient (Wildman–Crippen LogP) is 2.68. The van der Waals surface area contributed by atoms with Crippen molar-refractivity contribution >= 4 is 23.4 Å². The van der Waals surface area contributed by atoms with Crippen LogP contribution in [0.5, 0.6) is 0 Å². The molecule has 9 nitrogen and oxygen atoms in total. The van der Waals surface area contributed by atoms with Gasteiger partial charge in [-0.3, -0.25) is 14.9 Å². The molecule has 1 aromatic heterocycles. The monoisotopic (exact) mass is 394 g/mol. The summed E-state index contributed by atoms with van der Waals surface area (Å²) in [6.45, 7) is 0.206. The van der Waals surface area contributed by atoms with Crippen molar-refractivity contribution in [3.63, 3.8) is 0 Å². The molecule has 0 aliphatic rings. The molecule has 3 aromatic rings. The van der Waals surface area contributed by atoms with Gasteiger partial charge in [-0.25, -0.2) is 0 Å². The van der Waals surface area contributed by atoms with Gasteiger partial charge >= 0.3 is 0 Å². The Morgan fingerprint density at radius 3 is 2.86 bits per heavy atom. The Labute approximate surface area is 164 Å². The lowest BCUT2D eigenvalue weighted by atomic mass is 10.1. The Morgan fingerprint density at radius 2 is 2.18 bits per heavy atom. The Hall–Kier alpha value is -3.71. The molecule has 0 bridgehead atoms. The predicted molar refractivity (Wildman–Crippen MR) is 101 cm³/mol. The minimum absolute atomic E-state index is 0.172. The molecule has 0 saturated carbocycles. The van der Waals surface area contributed by atoms with E-state index in [0.29, 0.717) is 15.6 Å². The smallest absolute Gasteiger partial charge is 0.284 e. The number of nitro groups is 1. The van der Waals surface area contributed by atoms with Crippen LogP contribution in [-0.2, 0) is 13.6 Å².